The van der Waals surface area contributed by atoms with Crippen molar-refractivity contribution in [3.8, 4) is 0 Å². The van der Waals surface area contributed by atoms with E-state index < -0.39 is 5.97 Å². The number of carbonyl (C=O) groups is 1. The maximum Gasteiger partial charge on any atom is 0.336 e. The van der Waals surface area contributed by atoms with E-state index in [2.05, 4.69) is 31.9 Å². The molecule has 0 fully saturated rings. The van der Waals surface area contributed by atoms with Crippen molar-refractivity contribution in [2.75, 3.05) is 14.2 Å². The van der Waals surface area contributed by atoms with Crippen LogP contribution in [0.2, 0.25) is 0 Å². The molecular weight excluding hydrogens is 380 g/mol. The van der Waals surface area contributed by atoms with Crippen molar-refractivity contribution in [3.63, 3.8) is 0 Å². The fourth-order valence-electron chi connectivity index (χ4n) is 1.86. The normalized spacial score (nSPS) is 11.0. The van der Waals surface area contributed by atoms with Crippen LogP contribution < -0.4 is 0 Å². The van der Waals surface area contributed by atoms with E-state index in [-0.39, 0.29) is 15.9 Å². The van der Waals surface area contributed by atoms with Crippen molar-refractivity contribution in [2.24, 2.45) is 0 Å². The molecule has 0 bridgehead atoms. The van der Waals surface area contributed by atoms with E-state index in [1.807, 2.05) is 6.07 Å². The van der Waals surface area contributed by atoms with Crippen LogP contribution in [0.4, 0.5) is 0 Å². The van der Waals surface area contributed by atoms with Gasteiger partial charge in [-0.25, -0.2) is 4.79 Å². The first-order chi connectivity index (χ1) is 8.99. The minimum absolute atomic E-state index is 0.0885. The van der Waals surface area contributed by atoms with Crippen molar-refractivity contribution < 1.29 is 19.4 Å². The Morgan fingerprint density at radius 2 is 1.74 bits per heavy atom. The van der Waals surface area contributed by atoms with Crippen LogP contribution in [0.3, 0.4) is 0 Å². The Balaban J connectivity index is 3.27. The molecule has 0 amide bonds. The fourth-order valence-corrected chi connectivity index (χ4v) is 2.56. The van der Waals surface area contributed by atoms with E-state index in [0.29, 0.717) is 18.6 Å². The lowest BCUT2D eigenvalue weighted by atomic mass is 9.97. The van der Waals surface area contributed by atoms with Gasteiger partial charge in [0, 0.05) is 14.2 Å². The molecule has 106 valence electrons. The molecule has 1 aromatic rings. The van der Waals surface area contributed by atoms with Gasteiger partial charge >= 0.3 is 5.97 Å². The number of carboxylic acids is 1. The van der Waals surface area contributed by atoms with Gasteiger partial charge in [0.05, 0.1) is 22.5 Å². The summed E-state index contributed by atoms with van der Waals surface area (Å²) in [5, 5.41) is 9.26. The molecule has 0 aromatic heterocycles. The summed E-state index contributed by atoms with van der Waals surface area (Å²) in [6.45, 7) is 0.712. The topological polar surface area (TPSA) is 55.8 Å². The summed E-state index contributed by atoms with van der Waals surface area (Å²) >= 11 is 6.82. The Labute approximate surface area is 129 Å². The zero-order chi connectivity index (χ0) is 14.4. The second kappa shape index (κ2) is 7.99. The van der Waals surface area contributed by atoms with E-state index in [0.717, 1.165) is 11.1 Å². The first-order valence-corrected chi connectivity index (χ1v) is 7.46. The van der Waals surface area contributed by atoms with Gasteiger partial charge in [0.25, 0.3) is 0 Å². The number of alkyl halides is 2. The van der Waals surface area contributed by atoms with Crippen LogP contribution in [0, 0.1) is 0 Å². The molecule has 1 N–H and O–H groups in total. The third kappa shape index (κ3) is 4.87. The standard InChI is InChI=1S/C13H16Br2O4/c1-18-6-9-3-10(7-19-2)11(13(16)17)4-8(9)5-12(14)15/h3-4,12H,5-7H2,1-2H3,(H,16,17). The first kappa shape index (κ1) is 16.6. The molecule has 19 heavy (non-hydrogen) atoms. The minimum Gasteiger partial charge on any atom is -0.478 e. The Hall–Kier alpha value is -0.430. The smallest absolute Gasteiger partial charge is 0.336 e. The Morgan fingerprint density at radius 3 is 2.21 bits per heavy atom. The van der Waals surface area contributed by atoms with Crippen LogP contribution in [0.5, 0.6) is 0 Å². The van der Waals surface area contributed by atoms with Crippen LogP contribution >= 0.6 is 31.9 Å². The predicted octanol–water partition coefficient (Wildman–Crippen LogP) is 3.34. The van der Waals surface area contributed by atoms with Crippen LogP contribution in [-0.4, -0.2) is 29.0 Å². The molecule has 1 aromatic carbocycles. The van der Waals surface area contributed by atoms with E-state index in [1.165, 1.54) is 0 Å². The van der Waals surface area contributed by atoms with Gasteiger partial charge in [0.2, 0.25) is 0 Å². The highest BCUT2D eigenvalue weighted by molar-refractivity contribution is 9.24. The Bertz CT molecular complexity index is 447. The molecule has 0 aliphatic carbocycles. The van der Waals surface area contributed by atoms with Crippen molar-refractivity contribution in [2.45, 2.75) is 23.4 Å². The number of benzene rings is 1. The van der Waals surface area contributed by atoms with Crippen LogP contribution in [0.1, 0.15) is 27.0 Å². The van der Waals surface area contributed by atoms with Gasteiger partial charge in [0.15, 0.2) is 0 Å². The van der Waals surface area contributed by atoms with E-state index in [4.69, 9.17) is 9.47 Å². The second-order valence-electron chi connectivity index (χ2n) is 4.04. The predicted molar refractivity (Wildman–Crippen MR) is 80.2 cm³/mol. The lowest BCUT2D eigenvalue weighted by Gasteiger charge is -2.14. The SMILES string of the molecule is COCc1cc(COC)c(C(=O)O)cc1CC(Br)Br. The molecule has 6 heteroatoms. The van der Waals surface area contributed by atoms with Gasteiger partial charge in [-0.15, -0.1) is 0 Å². The molecule has 0 unspecified atom stereocenters. The highest BCUT2D eigenvalue weighted by atomic mass is 79.9. The van der Waals surface area contributed by atoms with Gasteiger partial charge in [-0.2, -0.15) is 0 Å². The third-order valence-electron chi connectivity index (χ3n) is 2.63. The van der Waals surface area contributed by atoms with E-state index in [9.17, 15) is 9.90 Å². The number of methoxy groups -OCH3 is 2. The number of halogens is 2. The highest BCUT2D eigenvalue weighted by Crippen LogP contribution is 2.24. The quantitative estimate of drug-likeness (QED) is 0.719. The highest BCUT2D eigenvalue weighted by Gasteiger charge is 2.16. The van der Waals surface area contributed by atoms with Crippen LogP contribution in [-0.2, 0) is 29.1 Å². The molecule has 0 heterocycles. The third-order valence-corrected chi connectivity index (χ3v) is 3.28. The van der Waals surface area contributed by atoms with Gasteiger partial charge in [-0.1, -0.05) is 37.9 Å². The van der Waals surface area contributed by atoms with Gasteiger partial charge < -0.3 is 14.6 Å². The number of aromatic carboxylic acids is 1. The summed E-state index contributed by atoms with van der Waals surface area (Å²) in [5.41, 5.74) is 2.85. The lowest BCUT2D eigenvalue weighted by Crippen LogP contribution is -2.09. The Morgan fingerprint density at radius 1 is 1.16 bits per heavy atom. The van der Waals surface area contributed by atoms with Crippen LogP contribution in [0.15, 0.2) is 12.1 Å². The molecule has 1 rings (SSSR count). The summed E-state index contributed by atoms with van der Waals surface area (Å²) < 4.78 is 10.3. The number of hydrogen-bond donors (Lipinski definition) is 1. The van der Waals surface area contributed by atoms with Crippen molar-refractivity contribution in [1.29, 1.82) is 0 Å². The average molecular weight is 396 g/mol. The zero-order valence-corrected chi connectivity index (χ0v) is 14.0. The number of ether oxygens (including phenoxy) is 2. The summed E-state index contributed by atoms with van der Waals surface area (Å²) in [4.78, 5) is 11.3. The summed E-state index contributed by atoms with van der Waals surface area (Å²) in [5.74, 6) is -0.946. The van der Waals surface area contributed by atoms with Crippen molar-refractivity contribution >= 4 is 37.8 Å². The zero-order valence-electron chi connectivity index (χ0n) is 10.8. The summed E-state index contributed by atoms with van der Waals surface area (Å²) in [7, 11) is 3.16. The van der Waals surface area contributed by atoms with Crippen molar-refractivity contribution in [1.82, 2.24) is 0 Å². The minimum atomic E-state index is -0.946. The monoisotopic (exact) mass is 394 g/mol. The van der Waals surface area contributed by atoms with Crippen LogP contribution in [0.25, 0.3) is 0 Å². The molecule has 0 aliphatic heterocycles. The van der Waals surface area contributed by atoms with Gasteiger partial charge in [-0.3, -0.25) is 0 Å². The average Bonchev–Trinajstić information content (AvgIpc) is 2.32. The number of hydrogen-bond acceptors (Lipinski definition) is 3. The summed E-state index contributed by atoms with van der Waals surface area (Å²) in [6.07, 6.45) is 0.673. The summed E-state index contributed by atoms with van der Waals surface area (Å²) in [6, 6.07) is 3.54. The maximum atomic E-state index is 11.3. The molecule has 4 nitrogen and oxygen atoms in total. The largest absolute Gasteiger partial charge is 0.478 e. The second-order valence-corrected chi connectivity index (χ2v) is 7.48. The van der Waals surface area contributed by atoms with E-state index in [1.54, 1.807) is 20.3 Å². The molecular formula is C13H16Br2O4. The molecule has 0 radical (unpaired) electrons. The van der Waals surface area contributed by atoms with Gasteiger partial charge in [0.1, 0.15) is 0 Å². The number of carboxylic acid groups (broad SMARTS) is 1. The Kier molecular flexibility index (Phi) is 6.99. The molecule has 0 aliphatic rings. The van der Waals surface area contributed by atoms with E-state index >= 15 is 0 Å². The van der Waals surface area contributed by atoms with Crippen molar-refractivity contribution in [3.05, 3.63) is 34.4 Å². The molecule has 0 atom stereocenters. The first-order valence-electron chi connectivity index (χ1n) is 5.63. The molecule has 0 saturated heterocycles. The molecule has 0 saturated carbocycles. The maximum absolute atomic E-state index is 11.3. The molecule has 0 spiro atoms. The van der Waals surface area contributed by atoms with Gasteiger partial charge in [-0.05, 0) is 29.2 Å². The lowest BCUT2D eigenvalue weighted by molar-refractivity contribution is 0.0691. The fraction of sp³-hybridized carbons (Fsp3) is 0.462. The number of rotatable bonds is 7.